The Labute approximate surface area is 206 Å². The number of carbonyl (C=O) groups is 1. The Kier molecular flexibility index (Phi) is 23.3. The summed E-state index contributed by atoms with van der Waals surface area (Å²) < 4.78 is 0. The molecule has 34 heavy (non-hydrogen) atoms. The Morgan fingerprint density at radius 3 is 1.65 bits per heavy atom. The zero-order chi connectivity index (χ0) is 25.1. The molecular formula is C29H45NO4. The second kappa shape index (κ2) is 25.1. The van der Waals surface area contributed by atoms with Gasteiger partial charge in [-0.15, -0.1) is 0 Å². The third-order valence-electron chi connectivity index (χ3n) is 5.49. The molecule has 0 fully saturated rings. The van der Waals surface area contributed by atoms with Crippen LogP contribution in [-0.2, 0) is 9.59 Å². The number of hydrogen-bond acceptors (Lipinski definition) is 4. The number of allylic oxidation sites excluding steroid dienone is 3. The fraction of sp³-hybridized carbons (Fsp3) is 0.586. The highest BCUT2D eigenvalue weighted by Crippen LogP contribution is 2.15. The van der Waals surface area contributed by atoms with Crippen LogP contribution in [0.25, 0.3) is 0 Å². The van der Waals surface area contributed by atoms with Gasteiger partial charge < -0.3 is 10.2 Å². The largest absolute Gasteiger partial charge is 0.481 e. The highest BCUT2D eigenvalue weighted by molar-refractivity contribution is 5.82. The molecule has 1 aromatic heterocycles. The number of aromatic nitrogens is 1. The summed E-state index contributed by atoms with van der Waals surface area (Å²) in [6.07, 6.45) is 28.8. The van der Waals surface area contributed by atoms with Crippen molar-refractivity contribution in [2.45, 2.75) is 96.8 Å². The highest BCUT2D eigenvalue weighted by Gasteiger charge is 2.19. The van der Waals surface area contributed by atoms with Crippen molar-refractivity contribution < 1.29 is 19.8 Å². The van der Waals surface area contributed by atoms with Gasteiger partial charge in [0, 0.05) is 19.0 Å². The van der Waals surface area contributed by atoms with Gasteiger partial charge in [-0.3, -0.25) is 9.78 Å². The van der Waals surface area contributed by atoms with Crippen LogP contribution in [0.1, 0.15) is 96.8 Å². The van der Waals surface area contributed by atoms with Crippen LogP contribution in [0.15, 0.2) is 60.5 Å². The van der Waals surface area contributed by atoms with E-state index in [1.165, 1.54) is 95.6 Å². The Morgan fingerprint density at radius 2 is 1.32 bits per heavy atom. The van der Waals surface area contributed by atoms with E-state index >= 15 is 0 Å². The van der Waals surface area contributed by atoms with Gasteiger partial charge in [0.15, 0.2) is 0 Å². The lowest BCUT2D eigenvalue weighted by Crippen LogP contribution is -2.14. The molecule has 0 saturated heterocycles. The second-order valence-corrected chi connectivity index (χ2v) is 8.46. The number of unbranched alkanes of at least 4 members (excludes halogenated alkanes) is 13. The van der Waals surface area contributed by atoms with Crippen LogP contribution < -0.4 is 0 Å². The van der Waals surface area contributed by atoms with E-state index < -0.39 is 11.9 Å². The van der Waals surface area contributed by atoms with Crippen LogP contribution in [0.3, 0.4) is 0 Å². The molecule has 0 saturated carbocycles. The van der Waals surface area contributed by atoms with E-state index in [9.17, 15) is 9.59 Å². The molecule has 0 bridgehead atoms. The normalized spacial score (nSPS) is 13.8. The van der Waals surface area contributed by atoms with Crippen LogP contribution in [0.4, 0.5) is 0 Å². The molecule has 1 atom stereocenters. The van der Waals surface area contributed by atoms with Crippen molar-refractivity contribution in [3.05, 3.63) is 60.5 Å². The molecule has 1 unspecified atom stereocenters. The number of carboxylic acids is 1. The molecule has 1 heterocycles. The summed E-state index contributed by atoms with van der Waals surface area (Å²) in [5.74, 6) is -0.263. The minimum Gasteiger partial charge on any atom is -0.481 e. The van der Waals surface area contributed by atoms with Crippen molar-refractivity contribution >= 4 is 11.9 Å². The molecule has 2 rings (SSSR count). The van der Waals surface area contributed by atoms with Crippen LogP contribution in [-0.4, -0.2) is 33.7 Å². The topological polar surface area (TPSA) is 87.5 Å². The summed E-state index contributed by atoms with van der Waals surface area (Å²) in [4.78, 5) is 24.4. The fourth-order valence-corrected chi connectivity index (χ4v) is 3.47. The summed E-state index contributed by atoms with van der Waals surface area (Å²) in [6, 6.07) is 5.72. The summed E-state index contributed by atoms with van der Waals surface area (Å²) in [5, 5.41) is 17.2. The monoisotopic (exact) mass is 471 g/mol. The molecule has 1 aliphatic rings. The van der Waals surface area contributed by atoms with E-state index in [0.29, 0.717) is 6.61 Å². The minimum absolute atomic E-state index is 0.167. The lowest BCUT2D eigenvalue weighted by atomic mass is 9.96. The van der Waals surface area contributed by atoms with E-state index in [2.05, 4.69) is 11.9 Å². The Hall–Kier alpha value is -2.49. The van der Waals surface area contributed by atoms with E-state index in [1.54, 1.807) is 30.5 Å². The second-order valence-electron chi connectivity index (χ2n) is 8.46. The van der Waals surface area contributed by atoms with Crippen LogP contribution >= 0.6 is 0 Å². The first-order valence-corrected chi connectivity index (χ1v) is 13.0. The molecule has 0 spiro atoms. The Morgan fingerprint density at radius 1 is 0.824 bits per heavy atom. The van der Waals surface area contributed by atoms with Gasteiger partial charge in [0.1, 0.15) is 11.9 Å². The first-order valence-electron chi connectivity index (χ1n) is 13.0. The third kappa shape index (κ3) is 20.1. The number of hydrogen-bond donors (Lipinski definition) is 2. The molecule has 2 N–H and O–H groups in total. The molecule has 0 radical (unpaired) electrons. The molecule has 1 aromatic rings. The number of nitrogens with zero attached hydrogens (tertiary/aromatic N) is 1. The predicted molar refractivity (Wildman–Crippen MR) is 140 cm³/mol. The van der Waals surface area contributed by atoms with Crippen molar-refractivity contribution in [3.8, 4) is 0 Å². The van der Waals surface area contributed by atoms with E-state index in [4.69, 9.17) is 10.2 Å². The van der Waals surface area contributed by atoms with E-state index in [1.807, 2.05) is 18.2 Å². The van der Waals surface area contributed by atoms with Gasteiger partial charge >= 0.3 is 5.97 Å². The third-order valence-corrected chi connectivity index (χ3v) is 5.49. The fourth-order valence-electron chi connectivity index (χ4n) is 3.47. The predicted octanol–water partition coefficient (Wildman–Crippen LogP) is 7.11. The van der Waals surface area contributed by atoms with Crippen molar-refractivity contribution in [2.24, 2.45) is 5.92 Å². The number of aliphatic carboxylic acids is 1. The zero-order valence-electron chi connectivity index (χ0n) is 21.0. The Balaban J connectivity index is 0.000000539. The number of rotatable bonds is 15. The van der Waals surface area contributed by atoms with Gasteiger partial charge in [0.05, 0.1) is 5.57 Å². The number of carboxylic acid groups (broad SMARTS) is 1. The number of pyridine rings is 1. The average molecular weight is 472 g/mol. The SMILES string of the molecule is CCCCCCCCCCCCCCCCO.O=C=C1C=CC=CC1C(=O)O.c1ccncc1. The molecule has 0 aromatic carbocycles. The van der Waals surface area contributed by atoms with Crippen molar-refractivity contribution in [2.75, 3.05) is 6.61 Å². The Bertz CT molecular complexity index is 653. The van der Waals surface area contributed by atoms with Gasteiger partial charge in [-0.05, 0) is 24.6 Å². The molecule has 0 amide bonds. The maximum atomic E-state index is 10.4. The maximum absolute atomic E-state index is 10.4. The average Bonchev–Trinajstić information content (AvgIpc) is 2.88. The molecule has 0 aliphatic heterocycles. The van der Waals surface area contributed by atoms with E-state index in [0.717, 1.165) is 6.42 Å². The first-order chi connectivity index (χ1) is 16.7. The number of aliphatic hydroxyl groups excluding tert-OH is 1. The summed E-state index contributed by atoms with van der Waals surface area (Å²) in [5.41, 5.74) is 0.167. The minimum atomic E-state index is -1.02. The molecular weight excluding hydrogens is 426 g/mol. The van der Waals surface area contributed by atoms with Crippen LogP contribution in [0, 0.1) is 5.92 Å². The molecule has 1 aliphatic carbocycles. The van der Waals surface area contributed by atoms with Gasteiger partial charge in [-0.2, -0.15) is 0 Å². The summed E-state index contributed by atoms with van der Waals surface area (Å²) in [7, 11) is 0. The van der Waals surface area contributed by atoms with Gasteiger partial charge in [0.2, 0.25) is 0 Å². The lowest BCUT2D eigenvalue weighted by Gasteiger charge is -2.06. The van der Waals surface area contributed by atoms with Crippen molar-refractivity contribution in [3.63, 3.8) is 0 Å². The first kappa shape index (κ1) is 31.5. The lowest BCUT2D eigenvalue weighted by molar-refractivity contribution is -0.138. The molecule has 5 nitrogen and oxygen atoms in total. The quantitative estimate of drug-likeness (QED) is 0.210. The van der Waals surface area contributed by atoms with Crippen LogP contribution in [0.2, 0.25) is 0 Å². The zero-order valence-corrected chi connectivity index (χ0v) is 21.0. The van der Waals surface area contributed by atoms with Gasteiger partial charge in [-0.1, -0.05) is 115 Å². The number of carbonyl (C=O) groups excluding carboxylic acids is 1. The van der Waals surface area contributed by atoms with Crippen molar-refractivity contribution in [1.29, 1.82) is 0 Å². The smallest absolute Gasteiger partial charge is 0.315 e. The molecule has 190 valence electrons. The number of aliphatic hydroxyl groups is 1. The molecule has 5 heteroatoms. The van der Waals surface area contributed by atoms with E-state index in [-0.39, 0.29) is 5.57 Å². The van der Waals surface area contributed by atoms with Gasteiger partial charge in [0.25, 0.3) is 0 Å². The highest BCUT2D eigenvalue weighted by atomic mass is 16.4. The standard InChI is InChI=1S/C16H34O.C8H6O3.C5H5N/c1-2-3-4-5-6-7-8-9-10-11-12-13-14-15-16-17;9-5-6-3-1-2-4-7(6)8(10)11;1-2-4-6-5-3-1/h17H,2-16H2,1H3;1-4,7H,(H,10,11);1-5H. The summed E-state index contributed by atoms with van der Waals surface area (Å²) in [6.45, 7) is 2.65. The van der Waals surface area contributed by atoms with Crippen LogP contribution in [0.5, 0.6) is 0 Å². The van der Waals surface area contributed by atoms with Gasteiger partial charge in [-0.25, -0.2) is 4.79 Å². The maximum Gasteiger partial charge on any atom is 0.315 e. The summed E-state index contributed by atoms with van der Waals surface area (Å²) >= 11 is 0. The van der Waals surface area contributed by atoms with Crippen molar-refractivity contribution in [1.82, 2.24) is 4.98 Å².